The maximum Gasteiger partial charge on any atom is 0.239 e. The van der Waals surface area contributed by atoms with E-state index in [2.05, 4.69) is 22.9 Å². The molecule has 0 spiro atoms. The number of benzene rings is 1. The Morgan fingerprint density at radius 3 is 2.72 bits per heavy atom. The molecule has 0 aliphatic carbocycles. The second-order valence-corrected chi connectivity index (χ2v) is 7.62. The molecule has 0 bridgehead atoms. The largest absolute Gasteiger partial charge is 0.492 e. The molecule has 1 aromatic carbocycles. The van der Waals surface area contributed by atoms with E-state index in [1.54, 1.807) is 20.2 Å². The third-order valence-corrected chi connectivity index (χ3v) is 4.93. The summed E-state index contributed by atoms with van der Waals surface area (Å²) in [6.07, 6.45) is 4.56. The molecule has 32 heavy (non-hydrogen) atoms. The molecule has 1 rings (SSSR count). The normalized spacial score (nSPS) is 11.6. The summed E-state index contributed by atoms with van der Waals surface area (Å²) in [5.74, 6) is -0.120. The zero-order valence-corrected chi connectivity index (χ0v) is 19.4. The second kappa shape index (κ2) is 16.2. The van der Waals surface area contributed by atoms with E-state index >= 15 is 0 Å². The van der Waals surface area contributed by atoms with E-state index in [4.69, 9.17) is 4.74 Å². The molecule has 0 fully saturated rings. The Balaban J connectivity index is 2.56. The van der Waals surface area contributed by atoms with Crippen molar-refractivity contribution in [2.24, 2.45) is 0 Å². The summed E-state index contributed by atoms with van der Waals surface area (Å²) in [7, 11) is 3.32. The lowest BCUT2D eigenvalue weighted by atomic mass is 10.1. The Labute approximate surface area is 190 Å². The number of carbonyl (C=O) groups is 3. The Kier molecular flexibility index (Phi) is 13.9. The average molecular weight is 453 g/mol. The predicted molar refractivity (Wildman–Crippen MR) is 122 cm³/mol. The number of nitrogens with one attached hydrogen (secondary N) is 3. The van der Waals surface area contributed by atoms with Crippen LogP contribution in [0.2, 0.25) is 0 Å². The number of likely N-dealkylation sites (N-methyl/N-ethyl adjacent to an activating group) is 2. The van der Waals surface area contributed by atoms with E-state index in [9.17, 15) is 18.8 Å². The fourth-order valence-corrected chi connectivity index (χ4v) is 3.18. The molecule has 180 valence electrons. The van der Waals surface area contributed by atoms with Crippen LogP contribution in [0.15, 0.2) is 18.2 Å². The van der Waals surface area contributed by atoms with Gasteiger partial charge in [-0.05, 0) is 37.9 Å². The molecule has 0 heterocycles. The minimum Gasteiger partial charge on any atom is -0.492 e. The van der Waals surface area contributed by atoms with Crippen LogP contribution in [0.4, 0.5) is 4.39 Å². The predicted octanol–water partition coefficient (Wildman–Crippen LogP) is 1.28. The standard InChI is InChI=1S/C23H37FN4O4/c1-4-5-8-20(23(31)28(3)13-14-29)26-12-15-32-21-16-19(24)10-9-18(21)7-6-11-27-22(30)17-25-2/h9-10,14,16,20,25-26H,4-8,11-13,15,17H2,1-3H3,(H,27,30)/t20-/m0/s1. The third-order valence-electron chi connectivity index (χ3n) is 4.93. The van der Waals surface area contributed by atoms with Gasteiger partial charge in [-0.25, -0.2) is 4.39 Å². The molecular formula is C23H37FN4O4. The van der Waals surface area contributed by atoms with Crippen molar-refractivity contribution in [1.82, 2.24) is 20.9 Å². The molecule has 1 aromatic rings. The van der Waals surface area contributed by atoms with E-state index < -0.39 is 6.04 Å². The Morgan fingerprint density at radius 2 is 2.03 bits per heavy atom. The first-order chi connectivity index (χ1) is 15.4. The highest BCUT2D eigenvalue weighted by molar-refractivity contribution is 5.83. The number of amides is 2. The molecule has 1 atom stereocenters. The number of ether oxygens (including phenoxy) is 1. The molecule has 3 N–H and O–H groups in total. The van der Waals surface area contributed by atoms with Gasteiger partial charge in [0.15, 0.2) is 0 Å². The van der Waals surface area contributed by atoms with Crippen LogP contribution >= 0.6 is 0 Å². The van der Waals surface area contributed by atoms with Crippen LogP contribution in [0.3, 0.4) is 0 Å². The minimum atomic E-state index is -0.392. The van der Waals surface area contributed by atoms with Crippen molar-refractivity contribution in [2.45, 2.75) is 45.1 Å². The molecule has 0 aliphatic heterocycles. The van der Waals surface area contributed by atoms with Crippen LogP contribution in [0.5, 0.6) is 5.75 Å². The van der Waals surface area contributed by atoms with E-state index in [0.717, 1.165) is 18.4 Å². The summed E-state index contributed by atoms with van der Waals surface area (Å²) in [4.78, 5) is 36.1. The van der Waals surface area contributed by atoms with E-state index in [1.165, 1.54) is 17.0 Å². The van der Waals surface area contributed by atoms with Gasteiger partial charge in [0.05, 0.1) is 19.1 Å². The highest BCUT2D eigenvalue weighted by Crippen LogP contribution is 2.21. The first kappa shape index (κ1) is 27.5. The third kappa shape index (κ3) is 10.7. The quantitative estimate of drug-likeness (QED) is 0.243. The topological polar surface area (TPSA) is 99.8 Å². The molecule has 0 radical (unpaired) electrons. The SMILES string of the molecule is CCCC[C@H](NCCOc1cc(F)ccc1CCCNC(=O)CNC)C(=O)N(C)CC=O. The molecule has 0 aliphatic rings. The van der Waals surface area contributed by atoms with Gasteiger partial charge >= 0.3 is 0 Å². The van der Waals surface area contributed by atoms with Crippen LogP contribution in [-0.2, 0) is 20.8 Å². The van der Waals surface area contributed by atoms with Gasteiger partial charge in [0.1, 0.15) is 24.5 Å². The van der Waals surface area contributed by atoms with Crippen molar-refractivity contribution in [3.05, 3.63) is 29.6 Å². The van der Waals surface area contributed by atoms with Crippen LogP contribution in [0.25, 0.3) is 0 Å². The summed E-state index contributed by atoms with van der Waals surface area (Å²) in [6.45, 7) is 3.58. The maximum absolute atomic E-state index is 13.7. The molecular weight excluding hydrogens is 415 g/mol. The maximum atomic E-state index is 13.7. The first-order valence-electron chi connectivity index (χ1n) is 11.2. The Bertz CT molecular complexity index is 717. The van der Waals surface area contributed by atoms with Gasteiger partial charge in [-0.2, -0.15) is 0 Å². The summed E-state index contributed by atoms with van der Waals surface area (Å²) in [6, 6.07) is 4.04. The van der Waals surface area contributed by atoms with Gasteiger partial charge in [0.2, 0.25) is 11.8 Å². The number of aryl methyl sites for hydroxylation is 1. The van der Waals surface area contributed by atoms with Crippen LogP contribution in [0, 0.1) is 5.82 Å². The molecule has 0 saturated carbocycles. The monoisotopic (exact) mass is 452 g/mol. The van der Waals surface area contributed by atoms with Gasteiger partial charge < -0.3 is 30.4 Å². The fourth-order valence-electron chi connectivity index (χ4n) is 3.18. The number of hydrogen-bond acceptors (Lipinski definition) is 6. The average Bonchev–Trinajstić information content (AvgIpc) is 2.77. The van der Waals surface area contributed by atoms with Gasteiger partial charge in [-0.15, -0.1) is 0 Å². The summed E-state index contributed by atoms with van der Waals surface area (Å²) in [5.41, 5.74) is 0.860. The van der Waals surface area contributed by atoms with Gasteiger partial charge in [-0.3, -0.25) is 9.59 Å². The van der Waals surface area contributed by atoms with Crippen molar-refractivity contribution in [2.75, 3.05) is 46.9 Å². The van der Waals surface area contributed by atoms with Crippen molar-refractivity contribution in [3.8, 4) is 5.75 Å². The van der Waals surface area contributed by atoms with Crippen molar-refractivity contribution in [3.63, 3.8) is 0 Å². The van der Waals surface area contributed by atoms with Crippen LogP contribution in [-0.4, -0.2) is 75.9 Å². The number of halogens is 1. The summed E-state index contributed by atoms with van der Waals surface area (Å²) in [5, 5.41) is 8.80. The van der Waals surface area contributed by atoms with Gasteiger partial charge in [-0.1, -0.05) is 25.8 Å². The number of unbranched alkanes of at least 4 members (excludes halogenated alkanes) is 1. The lowest BCUT2D eigenvalue weighted by molar-refractivity contribution is -0.134. The van der Waals surface area contributed by atoms with Gasteiger partial charge in [0.25, 0.3) is 0 Å². The lowest BCUT2D eigenvalue weighted by Crippen LogP contribution is -2.46. The number of hydrogen-bond donors (Lipinski definition) is 3. The second-order valence-electron chi connectivity index (χ2n) is 7.62. The van der Waals surface area contributed by atoms with E-state index in [-0.39, 0.29) is 37.3 Å². The summed E-state index contributed by atoms with van der Waals surface area (Å²) < 4.78 is 19.5. The number of carbonyl (C=O) groups excluding carboxylic acids is 3. The molecule has 2 amide bonds. The number of aldehydes is 1. The number of nitrogens with zero attached hydrogens (tertiary/aromatic N) is 1. The fraction of sp³-hybridized carbons (Fsp3) is 0.609. The Morgan fingerprint density at radius 1 is 1.25 bits per heavy atom. The minimum absolute atomic E-state index is 0.0572. The lowest BCUT2D eigenvalue weighted by Gasteiger charge is -2.23. The smallest absolute Gasteiger partial charge is 0.239 e. The highest BCUT2D eigenvalue weighted by Gasteiger charge is 2.20. The van der Waals surface area contributed by atoms with E-state index in [0.29, 0.717) is 44.4 Å². The number of rotatable bonds is 17. The van der Waals surface area contributed by atoms with Crippen LogP contribution in [0.1, 0.15) is 38.2 Å². The van der Waals surface area contributed by atoms with Crippen LogP contribution < -0.4 is 20.7 Å². The molecule has 0 aromatic heterocycles. The van der Waals surface area contributed by atoms with E-state index in [1.807, 2.05) is 0 Å². The highest BCUT2D eigenvalue weighted by atomic mass is 19.1. The Hall–Kier alpha value is -2.52. The van der Waals surface area contributed by atoms with Crippen molar-refractivity contribution in [1.29, 1.82) is 0 Å². The van der Waals surface area contributed by atoms with Crippen molar-refractivity contribution < 1.29 is 23.5 Å². The summed E-state index contributed by atoms with van der Waals surface area (Å²) >= 11 is 0. The molecule has 9 heteroatoms. The molecule has 0 saturated heterocycles. The zero-order valence-electron chi connectivity index (χ0n) is 19.4. The van der Waals surface area contributed by atoms with Gasteiger partial charge in [0, 0.05) is 26.2 Å². The molecule has 8 nitrogen and oxygen atoms in total. The van der Waals surface area contributed by atoms with Crippen molar-refractivity contribution >= 4 is 18.1 Å². The molecule has 0 unspecified atom stereocenters. The first-order valence-corrected chi connectivity index (χ1v) is 11.2. The zero-order chi connectivity index (χ0) is 23.8.